The molecular weight excluding hydrogens is 328 g/mol. The first kappa shape index (κ1) is 16.5. The molecule has 22 heavy (non-hydrogen) atoms. The van der Waals surface area contributed by atoms with Crippen LogP contribution in [0.15, 0.2) is 0 Å². The van der Waals surface area contributed by atoms with Crippen LogP contribution in [-0.4, -0.2) is 35.8 Å². The molecule has 1 saturated heterocycles. The zero-order valence-corrected chi connectivity index (χ0v) is 13.9. The maximum absolute atomic E-state index is 12.2. The summed E-state index contributed by atoms with van der Waals surface area (Å²) in [4.78, 5) is 12.2. The van der Waals surface area contributed by atoms with Crippen molar-refractivity contribution in [2.45, 2.75) is 61.3 Å². The van der Waals surface area contributed by atoms with E-state index in [4.69, 9.17) is 16.7 Å². The summed E-state index contributed by atoms with van der Waals surface area (Å²) >= 11 is 6.12. The molecule has 1 aliphatic heterocycles. The van der Waals surface area contributed by atoms with E-state index >= 15 is 0 Å². The van der Waals surface area contributed by atoms with Gasteiger partial charge in [-0.1, -0.05) is 12.8 Å². The fourth-order valence-corrected chi connectivity index (χ4v) is 6.30. The largest absolute Gasteiger partial charge is 0.370 e. The molecule has 4 N–H and O–H groups in total. The number of nitrogens with two attached hydrogens (primary N) is 1. The normalized spacial score (nSPS) is 46.1. The highest BCUT2D eigenvalue weighted by Gasteiger charge is 2.57. The maximum Gasteiger partial charge on any atom is 0.225 e. The Kier molecular flexibility index (Phi) is 4.21. The molecule has 0 spiro atoms. The molecule has 6 unspecified atom stereocenters. The van der Waals surface area contributed by atoms with Crippen molar-refractivity contribution in [3.63, 3.8) is 0 Å². The summed E-state index contributed by atoms with van der Waals surface area (Å²) in [5.41, 5.74) is -1.32. The molecule has 3 aliphatic rings. The van der Waals surface area contributed by atoms with Crippen LogP contribution in [0.5, 0.6) is 0 Å². The number of aliphatic hydroxyl groups is 1. The highest BCUT2D eigenvalue weighted by Crippen LogP contribution is 2.48. The summed E-state index contributed by atoms with van der Waals surface area (Å²) in [5.74, 6) is -0.706. The highest BCUT2D eigenvalue weighted by atomic mass is 35.5. The number of primary sulfonamides is 1. The average molecular weight is 351 g/mol. The van der Waals surface area contributed by atoms with Crippen molar-refractivity contribution in [1.82, 2.24) is 5.32 Å². The minimum atomic E-state index is -3.76. The number of rotatable bonds is 2. The Balaban J connectivity index is 1.85. The number of halogens is 1. The summed E-state index contributed by atoms with van der Waals surface area (Å²) in [6.45, 7) is 0. The molecule has 0 radical (unpaired) electrons. The Labute approximate surface area is 135 Å². The molecule has 0 bridgehead atoms. The Morgan fingerprint density at radius 1 is 1.23 bits per heavy atom. The number of amides is 1. The minimum absolute atomic E-state index is 0.104. The second-order valence-corrected chi connectivity index (χ2v) is 9.31. The van der Waals surface area contributed by atoms with Crippen molar-refractivity contribution in [3.05, 3.63) is 0 Å². The molecule has 8 heteroatoms. The summed E-state index contributed by atoms with van der Waals surface area (Å²) in [7, 11) is -3.76. The Hall–Kier alpha value is -0.370. The lowest BCUT2D eigenvalue weighted by atomic mass is 9.69. The molecule has 126 valence electrons. The van der Waals surface area contributed by atoms with Gasteiger partial charge in [-0.05, 0) is 32.1 Å². The third-order valence-corrected chi connectivity index (χ3v) is 7.78. The molecule has 0 aromatic carbocycles. The van der Waals surface area contributed by atoms with Crippen LogP contribution < -0.4 is 10.5 Å². The fraction of sp³-hybridized carbons (Fsp3) is 0.929. The second-order valence-electron chi connectivity index (χ2n) is 6.97. The average Bonchev–Trinajstić information content (AvgIpc) is 2.71. The van der Waals surface area contributed by atoms with E-state index in [1.807, 2.05) is 0 Å². The highest BCUT2D eigenvalue weighted by molar-refractivity contribution is 7.89. The lowest BCUT2D eigenvalue weighted by Gasteiger charge is -2.43. The number of hydrogen-bond donors (Lipinski definition) is 3. The first-order chi connectivity index (χ1) is 10.2. The van der Waals surface area contributed by atoms with Crippen LogP contribution in [0.25, 0.3) is 0 Å². The van der Waals surface area contributed by atoms with Gasteiger partial charge in [-0.3, -0.25) is 4.79 Å². The number of carbonyl (C=O) groups excluding carboxylic acids is 1. The van der Waals surface area contributed by atoms with Crippen LogP contribution in [0.1, 0.15) is 44.9 Å². The van der Waals surface area contributed by atoms with E-state index < -0.39 is 26.4 Å². The predicted molar refractivity (Wildman–Crippen MR) is 82.4 cm³/mol. The van der Waals surface area contributed by atoms with E-state index in [0.29, 0.717) is 12.8 Å². The van der Waals surface area contributed by atoms with E-state index in [0.717, 1.165) is 25.7 Å². The fourth-order valence-electron chi connectivity index (χ4n) is 4.59. The van der Waals surface area contributed by atoms with Crippen LogP contribution in [-0.2, 0) is 14.8 Å². The number of nitrogens with one attached hydrogen (secondary N) is 1. The molecule has 3 fully saturated rings. The van der Waals surface area contributed by atoms with Crippen LogP contribution in [0.2, 0.25) is 0 Å². The van der Waals surface area contributed by atoms with E-state index in [2.05, 4.69) is 5.32 Å². The van der Waals surface area contributed by atoms with Gasteiger partial charge in [-0.15, -0.1) is 11.6 Å². The van der Waals surface area contributed by atoms with Gasteiger partial charge in [-0.2, -0.15) is 0 Å². The Bertz CT molecular complexity index is 569. The number of sulfonamides is 1. The molecule has 6 atom stereocenters. The third kappa shape index (κ3) is 2.66. The smallest absolute Gasteiger partial charge is 0.225 e. The summed E-state index contributed by atoms with van der Waals surface area (Å²) < 4.78 is 23.5. The van der Waals surface area contributed by atoms with Gasteiger partial charge in [0.25, 0.3) is 0 Å². The summed E-state index contributed by atoms with van der Waals surface area (Å²) in [5, 5.41) is 17.8. The number of carbonyl (C=O) groups is 1. The van der Waals surface area contributed by atoms with E-state index in [1.165, 1.54) is 0 Å². The number of hydrogen-bond acceptors (Lipinski definition) is 4. The van der Waals surface area contributed by atoms with Crippen molar-refractivity contribution in [1.29, 1.82) is 0 Å². The monoisotopic (exact) mass is 350 g/mol. The van der Waals surface area contributed by atoms with E-state index in [9.17, 15) is 18.3 Å². The van der Waals surface area contributed by atoms with Gasteiger partial charge >= 0.3 is 0 Å². The molecule has 1 amide bonds. The van der Waals surface area contributed by atoms with Crippen LogP contribution in [0, 0.1) is 17.8 Å². The van der Waals surface area contributed by atoms with Gasteiger partial charge in [0, 0.05) is 17.8 Å². The lowest BCUT2D eigenvalue weighted by molar-refractivity contribution is -0.126. The minimum Gasteiger partial charge on any atom is -0.370 e. The van der Waals surface area contributed by atoms with Crippen molar-refractivity contribution in [3.8, 4) is 0 Å². The first-order valence-electron chi connectivity index (χ1n) is 7.93. The van der Waals surface area contributed by atoms with Gasteiger partial charge in [0.05, 0.1) is 10.6 Å². The first-order valence-corrected chi connectivity index (χ1v) is 9.98. The van der Waals surface area contributed by atoms with E-state index in [-0.39, 0.29) is 30.1 Å². The molecule has 2 aliphatic carbocycles. The van der Waals surface area contributed by atoms with Crippen molar-refractivity contribution >= 4 is 27.5 Å². The third-order valence-electron chi connectivity index (χ3n) is 5.75. The second kappa shape index (κ2) is 5.61. The molecule has 3 rings (SSSR count). The van der Waals surface area contributed by atoms with Gasteiger partial charge < -0.3 is 10.4 Å². The molecule has 6 nitrogen and oxygen atoms in total. The zero-order chi connectivity index (χ0) is 16.1. The van der Waals surface area contributed by atoms with Gasteiger partial charge in [0.1, 0.15) is 5.72 Å². The molecular formula is C14H23ClN2O4S. The predicted octanol–water partition coefficient (Wildman–Crippen LogP) is 0.676. The quantitative estimate of drug-likeness (QED) is 0.636. The van der Waals surface area contributed by atoms with Gasteiger partial charge in [0.15, 0.2) is 0 Å². The summed E-state index contributed by atoms with van der Waals surface area (Å²) in [6, 6.07) is 0. The van der Waals surface area contributed by atoms with Crippen molar-refractivity contribution in [2.75, 3.05) is 0 Å². The Morgan fingerprint density at radius 2 is 1.91 bits per heavy atom. The Morgan fingerprint density at radius 3 is 2.59 bits per heavy atom. The zero-order valence-electron chi connectivity index (χ0n) is 12.4. The van der Waals surface area contributed by atoms with E-state index in [1.54, 1.807) is 0 Å². The lowest BCUT2D eigenvalue weighted by Crippen LogP contribution is -2.56. The van der Waals surface area contributed by atoms with Crippen LogP contribution in [0.3, 0.4) is 0 Å². The van der Waals surface area contributed by atoms with Crippen molar-refractivity contribution in [2.24, 2.45) is 22.9 Å². The summed E-state index contributed by atoms with van der Waals surface area (Å²) in [6.07, 6.45) is 4.85. The molecule has 1 heterocycles. The topological polar surface area (TPSA) is 109 Å². The maximum atomic E-state index is 12.2. The molecule has 0 aromatic heterocycles. The van der Waals surface area contributed by atoms with Crippen LogP contribution in [0.4, 0.5) is 0 Å². The SMILES string of the molecule is NS(=O)(=O)C1CC(C2(O)NC(=O)C3CCCCC32)CCC1Cl. The molecule has 2 saturated carbocycles. The van der Waals surface area contributed by atoms with Gasteiger partial charge in [0.2, 0.25) is 15.9 Å². The number of alkyl halides is 1. The van der Waals surface area contributed by atoms with Crippen LogP contribution >= 0.6 is 11.6 Å². The van der Waals surface area contributed by atoms with Crippen molar-refractivity contribution < 1.29 is 18.3 Å². The molecule has 0 aromatic rings. The van der Waals surface area contributed by atoms with Gasteiger partial charge in [-0.25, -0.2) is 13.6 Å². The standard InChI is InChI=1S/C14H23ClN2O4S/c15-11-6-5-8(7-12(11)22(16,20)21)14(19)10-4-2-1-3-9(10)13(18)17-14/h8-12,19H,1-7H2,(H,17,18)(H2,16,20,21). The number of fused-ring (bicyclic) bond motifs is 1.